The lowest BCUT2D eigenvalue weighted by Crippen LogP contribution is -2.00. The van der Waals surface area contributed by atoms with Crippen LogP contribution in [0.2, 0.25) is 0 Å². The molecule has 0 aromatic carbocycles. The molecule has 0 rings (SSSR count). The Morgan fingerprint density at radius 2 is 2.10 bits per heavy atom. The van der Waals surface area contributed by atoms with Crippen LogP contribution in [0.5, 0.6) is 0 Å². The second-order valence-electron chi connectivity index (χ2n) is 1.61. The first-order valence-corrected chi connectivity index (χ1v) is 3.02. The summed E-state index contributed by atoms with van der Waals surface area (Å²) in [5.41, 5.74) is 6.14. The summed E-state index contributed by atoms with van der Waals surface area (Å²) in [6.07, 6.45) is 6.62. The summed E-state index contributed by atoms with van der Waals surface area (Å²) in [6, 6.07) is 0. The summed E-state index contributed by atoms with van der Waals surface area (Å²) < 4.78 is 0. The van der Waals surface area contributed by atoms with E-state index in [2.05, 4.69) is 18.2 Å². The zero-order valence-corrected chi connectivity index (χ0v) is 5.96. The Bertz CT molecular complexity index is 166. The molecule has 0 atom stereocenters. The Balaban J connectivity index is 4.06. The molecule has 2 heteroatoms. The van der Waals surface area contributed by atoms with Gasteiger partial charge in [0.25, 0.3) is 0 Å². The molecule has 0 amide bonds. The molecule has 0 aromatic rings. The van der Waals surface area contributed by atoms with Crippen LogP contribution in [-0.2, 0) is 0 Å². The number of nitrogens with two attached hydrogens (primary N) is 1. The summed E-state index contributed by atoms with van der Waals surface area (Å²) in [7, 11) is 0. The van der Waals surface area contributed by atoms with E-state index in [9.17, 15) is 0 Å². The highest BCUT2D eigenvalue weighted by Crippen LogP contribution is 1.91. The Kier molecular flexibility index (Phi) is 5.29. The fourth-order valence-electron chi connectivity index (χ4n) is 0.448. The van der Waals surface area contributed by atoms with E-state index in [0.29, 0.717) is 6.54 Å². The summed E-state index contributed by atoms with van der Waals surface area (Å²) in [5, 5.41) is 0. The van der Waals surface area contributed by atoms with E-state index >= 15 is 0 Å². The summed E-state index contributed by atoms with van der Waals surface area (Å²) in [4.78, 5) is 3.97. The van der Waals surface area contributed by atoms with E-state index in [0.717, 1.165) is 5.70 Å². The third-order valence-electron chi connectivity index (χ3n) is 0.865. The number of nitrogens with zero attached hydrogens (tertiary/aromatic N) is 1. The van der Waals surface area contributed by atoms with Crippen LogP contribution >= 0.6 is 0 Å². The molecule has 0 radical (unpaired) electrons. The third-order valence-corrected chi connectivity index (χ3v) is 0.865. The SMILES string of the molecule is C=C/C=N\C(=C/C=C)CN. The highest BCUT2D eigenvalue weighted by molar-refractivity contribution is 5.71. The van der Waals surface area contributed by atoms with Gasteiger partial charge in [0.2, 0.25) is 0 Å². The Morgan fingerprint density at radius 1 is 1.40 bits per heavy atom. The quantitative estimate of drug-likeness (QED) is 0.458. The first kappa shape index (κ1) is 8.85. The molecule has 2 N–H and O–H groups in total. The van der Waals surface area contributed by atoms with Crippen molar-refractivity contribution >= 4 is 6.21 Å². The zero-order valence-electron chi connectivity index (χ0n) is 5.96. The lowest BCUT2D eigenvalue weighted by atomic mass is 10.4. The number of hydrogen-bond acceptors (Lipinski definition) is 2. The normalized spacial score (nSPS) is 11.9. The average molecular weight is 136 g/mol. The summed E-state index contributed by atoms with van der Waals surface area (Å²) in [5.74, 6) is 0. The van der Waals surface area contributed by atoms with Gasteiger partial charge in [-0.2, -0.15) is 0 Å². The molecule has 0 aromatic heterocycles. The van der Waals surface area contributed by atoms with E-state index in [4.69, 9.17) is 5.73 Å². The highest BCUT2D eigenvalue weighted by Gasteiger charge is 1.82. The molecule has 54 valence electrons. The predicted molar refractivity (Wildman–Crippen MR) is 46.0 cm³/mol. The summed E-state index contributed by atoms with van der Waals surface area (Å²) in [6.45, 7) is 7.44. The van der Waals surface area contributed by atoms with Gasteiger partial charge in [0, 0.05) is 12.8 Å². The van der Waals surface area contributed by atoms with Crippen molar-refractivity contribution in [2.75, 3.05) is 6.54 Å². The number of rotatable bonds is 4. The predicted octanol–water partition coefficient (Wildman–Crippen LogP) is 1.27. The minimum absolute atomic E-state index is 0.427. The average Bonchev–Trinajstić information content (AvgIpc) is 1.98. The Morgan fingerprint density at radius 3 is 2.50 bits per heavy atom. The van der Waals surface area contributed by atoms with Crippen molar-refractivity contribution in [3.05, 3.63) is 37.1 Å². The van der Waals surface area contributed by atoms with Crippen molar-refractivity contribution in [2.24, 2.45) is 10.7 Å². The molecule has 0 saturated carbocycles. The molecule has 0 unspecified atom stereocenters. The third kappa shape index (κ3) is 3.80. The first-order valence-electron chi connectivity index (χ1n) is 3.02. The minimum atomic E-state index is 0.427. The lowest BCUT2D eigenvalue weighted by Gasteiger charge is -1.91. The summed E-state index contributed by atoms with van der Waals surface area (Å²) >= 11 is 0. The van der Waals surface area contributed by atoms with Crippen LogP contribution in [0.3, 0.4) is 0 Å². The van der Waals surface area contributed by atoms with Gasteiger partial charge in [-0.3, -0.25) is 4.99 Å². The smallest absolute Gasteiger partial charge is 0.0539 e. The molecule has 0 aliphatic rings. The van der Waals surface area contributed by atoms with Crippen molar-refractivity contribution in [3.63, 3.8) is 0 Å². The van der Waals surface area contributed by atoms with Crippen molar-refractivity contribution in [3.8, 4) is 0 Å². The highest BCUT2D eigenvalue weighted by atomic mass is 14.8. The van der Waals surface area contributed by atoms with Gasteiger partial charge in [-0.25, -0.2) is 0 Å². The van der Waals surface area contributed by atoms with E-state index in [1.807, 2.05) is 0 Å². The van der Waals surface area contributed by atoms with Gasteiger partial charge in [0.1, 0.15) is 0 Å². The van der Waals surface area contributed by atoms with Crippen LogP contribution in [-0.4, -0.2) is 12.8 Å². The standard InChI is InChI=1S/C8H12N2/c1-3-5-8(7-9)10-6-4-2/h3-6H,1-2,7,9H2/b8-5-,10-6-. The van der Waals surface area contributed by atoms with Gasteiger partial charge in [0.15, 0.2) is 0 Å². The zero-order chi connectivity index (χ0) is 7.82. The molecule has 10 heavy (non-hydrogen) atoms. The fraction of sp³-hybridized carbons (Fsp3) is 0.125. The number of allylic oxidation sites excluding steroid dienone is 3. The van der Waals surface area contributed by atoms with Gasteiger partial charge in [-0.1, -0.05) is 25.3 Å². The minimum Gasteiger partial charge on any atom is -0.325 e. The monoisotopic (exact) mass is 136 g/mol. The molecule has 0 heterocycles. The second kappa shape index (κ2) is 5.98. The maximum atomic E-state index is 5.34. The van der Waals surface area contributed by atoms with Gasteiger partial charge < -0.3 is 5.73 Å². The molecular formula is C8H12N2. The Labute approximate surface area is 61.5 Å². The van der Waals surface area contributed by atoms with Crippen LogP contribution in [0, 0.1) is 0 Å². The van der Waals surface area contributed by atoms with Crippen molar-refractivity contribution in [1.29, 1.82) is 0 Å². The molecule has 0 aliphatic heterocycles. The molecular weight excluding hydrogens is 124 g/mol. The molecule has 0 fully saturated rings. The van der Waals surface area contributed by atoms with Crippen LogP contribution in [0.25, 0.3) is 0 Å². The molecule has 0 aliphatic carbocycles. The fourth-order valence-corrected chi connectivity index (χ4v) is 0.448. The maximum absolute atomic E-state index is 5.34. The van der Waals surface area contributed by atoms with Gasteiger partial charge >= 0.3 is 0 Å². The van der Waals surface area contributed by atoms with E-state index in [1.165, 1.54) is 0 Å². The molecule has 0 saturated heterocycles. The van der Waals surface area contributed by atoms with Crippen LogP contribution in [0.4, 0.5) is 0 Å². The van der Waals surface area contributed by atoms with Crippen molar-refractivity contribution in [1.82, 2.24) is 0 Å². The van der Waals surface area contributed by atoms with Crippen LogP contribution < -0.4 is 5.73 Å². The maximum Gasteiger partial charge on any atom is 0.0539 e. The van der Waals surface area contributed by atoms with Gasteiger partial charge in [-0.05, 0) is 6.08 Å². The molecule has 0 spiro atoms. The van der Waals surface area contributed by atoms with Crippen LogP contribution in [0.1, 0.15) is 0 Å². The van der Waals surface area contributed by atoms with Gasteiger partial charge in [0.05, 0.1) is 5.70 Å². The first-order chi connectivity index (χ1) is 4.85. The molecule has 0 bridgehead atoms. The Hall–Kier alpha value is -1.15. The number of aliphatic imine (C=N–C) groups is 1. The second-order valence-corrected chi connectivity index (χ2v) is 1.61. The lowest BCUT2D eigenvalue weighted by molar-refractivity contribution is 1.11. The van der Waals surface area contributed by atoms with E-state index < -0.39 is 0 Å². The van der Waals surface area contributed by atoms with E-state index in [-0.39, 0.29) is 0 Å². The largest absolute Gasteiger partial charge is 0.325 e. The van der Waals surface area contributed by atoms with Crippen molar-refractivity contribution < 1.29 is 0 Å². The number of hydrogen-bond donors (Lipinski definition) is 1. The topological polar surface area (TPSA) is 38.4 Å². The van der Waals surface area contributed by atoms with Gasteiger partial charge in [-0.15, -0.1) is 0 Å². The van der Waals surface area contributed by atoms with E-state index in [1.54, 1.807) is 24.4 Å². The van der Waals surface area contributed by atoms with Crippen LogP contribution in [0.15, 0.2) is 42.1 Å². The van der Waals surface area contributed by atoms with Crippen molar-refractivity contribution in [2.45, 2.75) is 0 Å². The molecule has 2 nitrogen and oxygen atoms in total.